The zero-order chi connectivity index (χ0) is 9.78. The Labute approximate surface area is 73.2 Å². The van der Waals surface area contributed by atoms with Crippen LogP contribution in [0.15, 0.2) is 0 Å². The van der Waals surface area contributed by atoms with Crippen molar-refractivity contribution in [3.8, 4) is 0 Å². The van der Waals surface area contributed by atoms with Crippen LogP contribution < -0.4 is 5.32 Å². The Kier molecular flexibility index (Phi) is 4.70. The first-order valence-electron chi connectivity index (χ1n) is 4.12. The summed E-state index contributed by atoms with van der Waals surface area (Å²) in [5.74, 6) is 0. The van der Waals surface area contributed by atoms with Crippen LogP contribution in [-0.2, 0) is 0 Å². The van der Waals surface area contributed by atoms with E-state index in [4.69, 9.17) is 15.3 Å². The summed E-state index contributed by atoms with van der Waals surface area (Å²) in [4.78, 5) is 0. The molecular formula is C8H19NO3. The first kappa shape index (κ1) is 11.8. The largest absolute Gasteiger partial charge is 0.394 e. The fraction of sp³-hybridized carbons (Fsp3) is 1.00. The quantitative estimate of drug-likeness (QED) is 0.438. The van der Waals surface area contributed by atoms with Crippen molar-refractivity contribution >= 4 is 0 Å². The maximum absolute atomic E-state index is 9.15. The third kappa shape index (κ3) is 3.49. The van der Waals surface area contributed by atoms with Crippen molar-refractivity contribution < 1.29 is 15.3 Å². The van der Waals surface area contributed by atoms with Crippen molar-refractivity contribution in [3.05, 3.63) is 0 Å². The van der Waals surface area contributed by atoms with Gasteiger partial charge >= 0.3 is 0 Å². The summed E-state index contributed by atoms with van der Waals surface area (Å²) in [5, 5.41) is 29.9. The van der Waals surface area contributed by atoms with Crippen molar-refractivity contribution in [2.45, 2.75) is 38.5 Å². The predicted octanol–water partition coefficient (Wildman–Crippen LogP) is -0.911. The summed E-state index contributed by atoms with van der Waals surface area (Å²) >= 11 is 0. The lowest BCUT2D eigenvalue weighted by Gasteiger charge is -2.31. The number of nitrogens with one attached hydrogen (secondary N) is 1. The third-order valence-corrected chi connectivity index (χ3v) is 2.00. The van der Waals surface area contributed by atoms with E-state index in [1.807, 2.05) is 0 Å². The lowest BCUT2D eigenvalue weighted by Crippen LogP contribution is -2.55. The smallest absolute Gasteiger partial charge is 0.0662 e. The van der Waals surface area contributed by atoms with Gasteiger partial charge in [0.2, 0.25) is 0 Å². The van der Waals surface area contributed by atoms with Gasteiger partial charge in [0.05, 0.1) is 24.9 Å². The Balaban J connectivity index is 4.02. The van der Waals surface area contributed by atoms with Crippen LogP contribution in [0.5, 0.6) is 0 Å². The molecule has 0 aliphatic carbocycles. The molecule has 0 rings (SSSR count). The molecule has 0 aliphatic rings. The van der Waals surface area contributed by atoms with E-state index in [9.17, 15) is 0 Å². The van der Waals surface area contributed by atoms with Gasteiger partial charge in [-0.1, -0.05) is 0 Å². The molecule has 0 radical (unpaired) electrons. The highest BCUT2D eigenvalue weighted by molar-refractivity contribution is 4.85. The molecule has 4 N–H and O–H groups in total. The van der Waals surface area contributed by atoms with E-state index < -0.39 is 11.6 Å². The lowest BCUT2D eigenvalue weighted by atomic mass is 10.0. The van der Waals surface area contributed by atoms with Gasteiger partial charge in [0.25, 0.3) is 0 Å². The van der Waals surface area contributed by atoms with E-state index in [-0.39, 0.29) is 19.3 Å². The molecule has 4 nitrogen and oxygen atoms in total. The van der Waals surface area contributed by atoms with E-state index in [0.717, 1.165) is 0 Å². The number of hydrogen-bond acceptors (Lipinski definition) is 4. The van der Waals surface area contributed by atoms with E-state index in [1.165, 1.54) is 0 Å². The van der Waals surface area contributed by atoms with Crippen LogP contribution in [0.2, 0.25) is 0 Å². The molecule has 4 heteroatoms. The molecule has 0 saturated heterocycles. The Morgan fingerprint density at radius 2 is 1.67 bits per heavy atom. The summed E-state index contributed by atoms with van der Waals surface area (Å²) in [6.45, 7) is 4.86. The predicted molar refractivity (Wildman–Crippen MR) is 46.9 cm³/mol. The summed E-state index contributed by atoms with van der Waals surface area (Å²) < 4.78 is 0. The molecule has 0 aliphatic heterocycles. The van der Waals surface area contributed by atoms with Crippen LogP contribution in [-0.4, -0.2) is 46.2 Å². The highest BCUT2D eigenvalue weighted by Crippen LogP contribution is 2.04. The Hall–Kier alpha value is -0.160. The standard InChI is InChI=1S/C8H19NO3/c1-6(7(2)12)9-8(3,4-10)5-11/h6-7,9-12H,4-5H2,1-3H3. The van der Waals surface area contributed by atoms with E-state index in [2.05, 4.69) is 5.32 Å². The molecule has 12 heavy (non-hydrogen) atoms. The van der Waals surface area contributed by atoms with Crippen LogP contribution >= 0.6 is 0 Å². The van der Waals surface area contributed by atoms with Crippen LogP contribution in [0, 0.1) is 0 Å². The Morgan fingerprint density at radius 1 is 1.25 bits per heavy atom. The number of rotatable bonds is 5. The molecule has 2 atom stereocenters. The minimum atomic E-state index is -0.712. The zero-order valence-corrected chi connectivity index (χ0v) is 7.91. The first-order valence-corrected chi connectivity index (χ1v) is 4.12. The molecule has 74 valence electrons. The maximum atomic E-state index is 9.15. The van der Waals surface area contributed by atoms with Crippen molar-refractivity contribution in [2.24, 2.45) is 0 Å². The molecule has 2 unspecified atom stereocenters. The normalized spacial score (nSPS) is 17.5. The molecule has 0 aromatic carbocycles. The number of aliphatic hydroxyl groups is 3. The minimum Gasteiger partial charge on any atom is -0.394 e. The molecule has 0 aromatic rings. The third-order valence-electron chi connectivity index (χ3n) is 2.00. The monoisotopic (exact) mass is 177 g/mol. The molecule has 0 aromatic heterocycles. The summed E-state index contributed by atoms with van der Waals surface area (Å²) in [7, 11) is 0. The second-order valence-corrected chi connectivity index (χ2v) is 3.55. The second-order valence-electron chi connectivity index (χ2n) is 3.55. The molecular weight excluding hydrogens is 158 g/mol. The van der Waals surface area contributed by atoms with Crippen LogP contribution in [0.1, 0.15) is 20.8 Å². The Morgan fingerprint density at radius 3 is 1.92 bits per heavy atom. The van der Waals surface area contributed by atoms with Gasteiger partial charge in [0, 0.05) is 6.04 Å². The van der Waals surface area contributed by atoms with Gasteiger partial charge in [-0.05, 0) is 20.8 Å². The highest BCUT2D eigenvalue weighted by atomic mass is 16.3. The van der Waals surface area contributed by atoms with Crippen molar-refractivity contribution in [1.29, 1.82) is 0 Å². The van der Waals surface area contributed by atoms with Gasteiger partial charge in [-0.15, -0.1) is 0 Å². The maximum Gasteiger partial charge on any atom is 0.0662 e. The average molecular weight is 177 g/mol. The molecule has 0 spiro atoms. The van der Waals surface area contributed by atoms with Crippen LogP contribution in [0.3, 0.4) is 0 Å². The summed E-state index contributed by atoms with van der Waals surface area (Å²) in [6.07, 6.45) is -0.498. The molecule has 0 bridgehead atoms. The number of hydrogen-bond donors (Lipinski definition) is 4. The summed E-state index contributed by atoms with van der Waals surface area (Å²) in [5.41, 5.74) is -0.712. The second kappa shape index (κ2) is 4.77. The van der Waals surface area contributed by atoms with Gasteiger partial charge in [-0.3, -0.25) is 0 Å². The molecule has 0 fully saturated rings. The van der Waals surface area contributed by atoms with Crippen molar-refractivity contribution in [1.82, 2.24) is 5.32 Å². The van der Waals surface area contributed by atoms with E-state index >= 15 is 0 Å². The number of aliphatic hydroxyl groups excluding tert-OH is 3. The fourth-order valence-corrected chi connectivity index (χ4v) is 0.812. The van der Waals surface area contributed by atoms with Gasteiger partial charge < -0.3 is 20.6 Å². The molecule has 0 heterocycles. The Bertz CT molecular complexity index is 123. The summed E-state index contributed by atoms with van der Waals surface area (Å²) in [6, 6.07) is -0.144. The zero-order valence-electron chi connectivity index (χ0n) is 7.91. The van der Waals surface area contributed by atoms with Gasteiger partial charge in [0.1, 0.15) is 0 Å². The lowest BCUT2D eigenvalue weighted by molar-refractivity contribution is 0.0671. The van der Waals surface area contributed by atoms with Gasteiger partial charge in [-0.2, -0.15) is 0 Å². The van der Waals surface area contributed by atoms with E-state index in [0.29, 0.717) is 0 Å². The average Bonchev–Trinajstić information content (AvgIpc) is 2.04. The highest BCUT2D eigenvalue weighted by Gasteiger charge is 2.25. The van der Waals surface area contributed by atoms with Gasteiger partial charge in [-0.25, -0.2) is 0 Å². The topological polar surface area (TPSA) is 72.7 Å². The van der Waals surface area contributed by atoms with Crippen molar-refractivity contribution in [3.63, 3.8) is 0 Å². The first-order chi connectivity index (χ1) is 5.45. The van der Waals surface area contributed by atoms with Crippen LogP contribution in [0.4, 0.5) is 0 Å². The van der Waals surface area contributed by atoms with Crippen LogP contribution in [0.25, 0.3) is 0 Å². The molecule has 0 saturated carbocycles. The van der Waals surface area contributed by atoms with Gasteiger partial charge in [0.15, 0.2) is 0 Å². The van der Waals surface area contributed by atoms with E-state index in [1.54, 1.807) is 20.8 Å². The minimum absolute atomic E-state index is 0.144. The molecule has 0 amide bonds. The fourth-order valence-electron chi connectivity index (χ4n) is 0.812. The SMILES string of the molecule is CC(O)C(C)NC(C)(CO)CO. The van der Waals surface area contributed by atoms with Crippen molar-refractivity contribution in [2.75, 3.05) is 13.2 Å².